The van der Waals surface area contributed by atoms with Gasteiger partial charge < -0.3 is 14.6 Å². The van der Waals surface area contributed by atoms with Crippen molar-refractivity contribution in [2.75, 3.05) is 20.2 Å². The molecule has 1 aromatic heterocycles. The smallest absolute Gasteiger partial charge is 0.222 e. The number of hydrogen-bond donors (Lipinski definition) is 1. The zero-order chi connectivity index (χ0) is 23.6. The molecule has 0 radical (unpaired) electrons. The second kappa shape index (κ2) is 12.4. The molecule has 0 amide bonds. The molecule has 1 unspecified atom stereocenters. The molecule has 0 saturated carbocycles. The molecular weight excluding hydrogens is 414 g/mol. The first-order valence-electron chi connectivity index (χ1n) is 11.9. The summed E-state index contributed by atoms with van der Waals surface area (Å²) in [6.07, 6.45) is 3.63. The third-order valence-corrected chi connectivity index (χ3v) is 5.69. The van der Waals surface area contributed by atoms with Crippen LogP contribution in [-0.2, 0) is 13.6 Å². The molecule has 178 valence electrons. The third-order valence-electron chi connectivity index (χ3n) is 5.69. The maximum absolute atomic E-state index is 10.6. The van der Waals surface area contributed by atoms with Crippen molar-refractivity contribution in [3.05, 3.63) is 60.2 Å². The lowest BCUT2D eigenvalue weighted by atomic mass is 10.1. The molecule has 0 aliphatic rings. The van der Waals surface area contributed by atoms with Crippen LogP contribution in [0.1, 0.15) is 45.1 Å². The number of nitrogens with zero attached hydrogens (tertiary/aromatic N) is 3. The van der Waals surface area contributed by atoms with E-state index in [-0.39, 0.29) is 6.10 Å². The summed E-state index contributed by atoms with van der Waals surface area (Å²) >= 11 is 0. The lowest BCUT2D eigenvalue weighted by Gasteiger charge is -2.25. The number of methoxy groups -OCH3 is 1. The predicted octanol–water partition coefficient (Wildman–Crippen LogP) is 5.65. The number of ether oxygens (including phenoxy) is 2. The van der Waals surface area contributed by atoms with Gasteiger partial charge in [-0.3, -0.25) is 4.90 Å². The van der Waals surface area contributed by atoms with Gasteiger partial charge in [0.1, 0.15) is 17.2 Å². The first kappa shape index (κ1) is 24.8. The zero-order valence-electron chi connectivity index (χ0n) is 20.3. The van der Waals surface area contributed by atoms with E-state index in [9.17, 15) is 5.11 Å². The van der Waals surface area contributed by atoms with Gasteiger partial charge in [-0.1, -0.05) is 57.0 Å². The highest BCUT2D eigenvalue weighted by Gasteiger charge is 2.23. The van der Waals surface area contributed by atoms with Crippen molar-refractivity contribution in [2.45, 2.75) is 52.2 Å². The highest BCUT2D eigenvalue weighted by molar-refractivity contribution is 5.65. The van der Waals surface area contributed by atoms with Crippen molar-refractivity contribution in [1.82, 2.24) is 14.7 Å². The van der Waals surface area contributed by atoms with Crippen LogP contribution in [0.4, 0.5) is 0 Å². The number of aromatic nitrogens is 2. The van der Waals surface area contributed by atoms with Gasteiger partial charge in [-0.15, -0.1) is 0 Å². The summed E-state index contributed by atoms with van der Waals surface area (Å²) in [5.41, 5.74) is 2.98. The normalized spacial score (nSPS) is 12.2. The Kier molecular flexibility index (Phi) is 9.34. The van der Waals surface area contributed by atoms with Crippen molar-refractivity contribution < 1.29 is 14.6 Å². The van der Waals surface area contributed by atoms with Crippen molar-refractivity contribution >= 4 is 0 Å². The fourth-order valence-electron chi connectivity index (χ4n) is 4.01. The number of aliphatic hydroxyl groups is 1. The van der Waals surface area contributed by atoms with E-state index >= 15 is 0 Å². The van der Waals surface area contributed by atoms with E-state index in [0.717, 1.165) is 60.5 Å². The molecule has 3 rings (SSSR count). The molecule has 0 spiro atoms. The molecular formula is C27H37N3O3. The predicted molar refractivity (Wildman–Crippen MR) is 133 cm³/mol. The summed E-state index contributed by atoms with van der Waals surface area (Å²) in [7, 11) is 3.56. The van der Waals surface area contributed by atoms with Gasteiger partial charge in [0.25, 0.3) is 0 Å². The Hall–Kier alpha value is -2.83. The lowest BCUT2D eigenvalue weighted by Crippen LogP contribution is -2.33. The average molecular weight is 452 g/mol. The summed E-state index contributed by atoms with van der Waals surface area (Å²) in [6, 6.07) is 17.8. The van der Waals surface area contributed by atoms with Crippen LogP contribution < -0.4 is 9.47 Å². The molecule has 1 atom stereocenters. The summed E-state index contributed by atoms with van der Waals surface area (Å²) in [4.78, 5) is 2.31. The minimum absolute atomic E-state index is 0.334. The molecule has 0 bridgehead atoms. The van der Waals surface area contributed by atoms with Crippen molar-refractivity contribution in [2.24, 2.45) is 7.05 Å². The second-order valence-electron chi connectivity index (χ2n) is 8.43. The van der Waals surface area contributed by atoms with E-state index < -0.39 is 0 Å². The van der Waals surface area contributed by atoms with Crippen molar-refractivity contribution in [3.63, 3.8) is 0 Å². The molecule has 2 aromatic carbocycles. The number of aliphatic hydroxyl groups excluding tert-OH is 1. The number of aryl methyl sites for hydroxylation is 1. The van der Waals surface area contributed by atoms with Gasteiger partial charge in [0.2, 0.25) is 5.88 Å². The fourth-order valence-corrected chi connectivity index (χ4v) is 4.01. The molecule has 0 aliphatic heterocycles. The largest absolute Gasteiger partial charge is 0.497 e. The third kappa shape index (κ3) is 6.83. The molecule has 6 nitrogen and oxygen atoms in total. The van der Waals surface area contributed by atoms with Crippen LogP contribution in [0.3, 0.4) is 0 Å². The Labute approximate surface area is 197 Å². The molecule has 3 aromatic rings. The first-order chi connectivity index (χ1) is 16.0. The summed E-state index contributed by atoms with van der Waals surface area (Å²) in [5, 5.41) is 15.4. The quantitative estimate of drug-likeness (QED) is 0.364. The first-order valence-corrected chi connectivity index (χ1v) is 11.9. The maximum Gasteiger partial charge on any atom is 0.222 e. The molecule has 33 heavy (non-hydrogen) atoms. The summed E-state index contributed by atoms with van der Waals surface area (Å²) < 4.78 is 13.4. The molecule has 0 aliphatic carbocycles. The Balaban J connectivity index is 1.94. The Morgan fingerprint density at radius 3 is 2.33 bits per heavy atom. The SMILES string of the molecule is CCCCC(O)CN(CCC)Cc1c(-c2ccccc2)nn(C)c1Oc1ccc(OC)cc1. The van der Waals surface area contributed by atoms with Gasteiger partial charge in [0.05, 0.1) is 18.8 Å². The zero-order valence-corrected chi connectivity index (χ0v) is 20.3. The minimum atomic E-state index is -0.334. The van der Waals surface area contributed by atoms with Gasteiger partial charge in [0.15, 0.2) is 0 Å². The van der Waals surface area contributed by atoms with Crippen LogP contribution in [0.2, 0.25) is 0 Å². The topological polar surface area (TPSA) is 59.8 Å². The fraction of sp³-hybridized carbons (Fsp3) is 0.444. The van der Waals surface area contributed by atoms with E-state index in [1.54, 1.807) is 11.8 Å². The maximum atomic E-state index is 10.6. The van der Waals surface area contributed by atoms with E-state index in [4.69, 9.17) is 14.6 Å². The lowest BCUT2D eigenvalue weighted by molar-refractivity contribution is 0.0992. The van der Waals surface area contributed by atoms with E-state index in [1.807, 2.05) is 49.5 Å². The van der Waals surface area contributed by atoms with E-state index in [1.165, 1.54) is 0 Å². The van der Waals surface area contributed by atoms with Gasteiger partial charge in [-0.2, -0.15) is 5.10 Å². The molecule has 0 saturated heterocycles. The van der Waals surface area contributed by atoms with Gasteiger partial charge in [-0.25, -0.2) is 4.68 Å². The number of unbranched alkanes of at least 4 members (excludes halogenated alkanes) is 1. The average Bonchev–Trinajstić information content (AvgIpc) is 3.13. The number of benzene rings is 2. The van der Waals surface area contributed by atoms with Crippen LogP contribution in [0.15, 0.2) is 54.6 Å². The standard InChI is InChI=1S/C27H37N3O3/c1-5-7-13-22(31)19-30(18-6-2)20-25-26(21-11-9-8-10-12-21)28-29(3)27(25)33-24-16-14-23(32-4)15-17-24/h8-12,14-17,22,31H,5-7,13,18-20H2,1-4H3. The monoisotopic (exact) mass is 451 g/mol. The van der Waals surface area contributed by atoms with Crippen LogP contribution in [0.25, 0.3) is 11.3 Å². The van der Waals surface area contributed by atoms with Gasteiger partial charge >= 0.3 is 0 Å². The molecule has 1 N–H and O–H groups in total. The van der Waals surface area contributed by atoms with Crippen molar-refractivity contribution in [3.8, 4) is 28.6 Å². The number of hydrogen-bond acceptors (Lipinski definition) is 5. The highest BCUT2D eigenvalue weighted by Crippen LogP contribution is 2.34. The minimum Gasteiger partial charge on any atom is -0.497 e. The van der Waals surface area contributed by atoms with E-state index in [0.29, 0.717) is 19.0 Å². The summed E-state index contributed by atoms with van der Waals surface area (Å²) in [5.74, 6) is 2.22. The Bertz CT molecular complexity index is 970. The highest BCUT2D eigenvalue weighted by atomic mass is 16.5. The van der Waals surface area contributed by atoms with Gasteiger partial charge in [-0.05, 0) is 43.7 Å². The second-order valence-corrected chi connectivity index (χ2v) is 8.43. The van der Waals surface area contributed by atoms with Crippen LogP contribution in [-0.4, -0.2) is 46.1 Å². The van der Waals surface area contributed by atoms with E-state index in [2.05, 4.69) is 30.9 Å². The molecule has 0 fully saturated rings. The van der Waals surface area contributed by atoms with Crippen LogP contribution >= 0.6 is 0 Å². The summed E-state index contributed by atoms with van der Waals surface area (Å²) in [6.45, 7) is 6.51. The number of rotatable bonds is 13. The molecule has 1 heterocycles. The van der Waals surface area contributed by atoms with Gasteiger partial charge in [0, 0.05) is 25.7 Å². The van der Waals surface area contributed by atoms with Crippen molar-refractivity contribution in [1.29, 1.82) is 0 Å². The Morgan fingerprint density at radius 1 is 1.00 bits per heavy atom. The van der Waals surface area contributed by atoms with Crippen LogP contribution in [0.5, 0.6) is 17.4 Å². The Morgan fingerprint density at radius 2 is 1.70 bits per heavy atom. The molecule has 6 heteroatoms. The van der Waals surface area contributed by atoms with Crippen LogP contribution in [0, 0.1) is 0 Å².